The number of ether oxygens (including phenoxy) is 1. The van der Waals surface area contributed by atoms with E-state index in [9.17, 15) is 4.79 Å². The molecule has 1 heterocycles. The predicted octanol–water partition coefficient (Wildman–Crippen LogP) is 5.04. The molecular formula is C24H19NO2S. The van der Waals surface area contributed by atoms with Crippen molar-refractivity contribution in [2.45, 2.75) is 17.7 Å². The van der Waals surface area contributed by atoms with E-state index in [0.717, 1.165) is 21.7 Å². The number of esters is 1. The van der Waals surface area contributed by atoms with Gasteiger partial charge in [0.05, 0.1) is 6.61 Å². The number of benzene rings is 3. The molecule has 3 aromatic rings. The average molecular weight is 385 g/mol. The first-order valence-corrected chi connectivity index (χ1v) is 10.3. The Bertz CT molecular complexity index is 1050. The molecule has 0 N–H and O–H groups in total. The molecule has 1 aliphatic heterocycles. The Kier molecular flexibility index (Phi) is 4.09. The van der Waals surface area contributed by atoms with Crippen LogP contribution in [-0.4, -0.2) is 23.7 Å². The zero-order valence-corrected chi connectivity index (χ0v) is 16.3. The molecule has 138 valence electrons. The maximum atomic E-state index is 13.1. The summed E-state index contributed by atoms with van der Waals surface area (Å²) < 4.78 is 4.87. The van der Waals surface area contributed by atoms with Gasteiger partial charge in [-0.3, -0.25) is 4.99 Å². The second-order valence-corrected chi connectivity index (χ2v) is 8.12. The standard InChI is InChI=1S/C24H19NO2S/c1-2-27-23(26)21-24(28-22(25-21)16-10-4-3-5-11-16)19-14-8-6-12-17(19)18-13-7-9-15-20(18)24/h3-15,21H,2H2,1H3/t21-/m0/s1. The predicted molar refractivity (Wildman–Crippen MR) is 114 cm³/mol. The second-order valence-electron chi connectivity index (χ2n) is 6.88. The van der Waals surface area contributed by atoms with E-state index >= 15 is 0 Å². The summed E-state index contributed by atoms with van der Waals surface area (Å²) in [5.41, 5.74) is 5.64. The van der Waals surface area contributed by atoms with Crippen LogP contribution in [0.5, 0.6) is 0 Å². The fourth-order valence-electron chi connectivity index (χ4n) is 4.23. The number of carbonyl (C=O) groups excluding carboxylic acids is 1. The molecule has 28 heavy (non-hydrogen) atoms. The number of carbonyl (C=O) groups is 1. The monoisotopic (exact) mass is 385 g/mol. The number of thioether (sulfide) groups is 1. The third-order valence-electron chi connectivity index (χ3n) is 5.36. The van der Waals surface area contributed by atoms with Gasteiger partial charge in [0.1, 0.15) is 9.79 Å². The van der Waals surface area contributed by atoms with E-state index in [4.69, 9.17) is 9.73 Å². The minimum Gasteiger partial charge on any atom is -0.464 e. The third-order valence-corrected chi connectivity index (χ3v) is 6.88. The summed E-state index contributed by atoms with van der Waals surface area (Å²) in [5.74, 6) is -0.271. The van der Waals surface area contributed by atoms with Crippen molar-refractivity contribution in [2.75, 3.05) is 6.61 Å². The SMILES string of the molecule is CCOC(=O)[C@@H]1N=C(c2ccccc2)SC12c1ccccc1-c1ccccc12. The smallest absolute Gasteiger partial charge is 0.333 e. The largest absolute Gasteiger partial charge is 0.464 e. The lowest BCUT2D eigenvalue weighted by atomic mass is 9.88. The lowest BCUT2D eigenvalue weighted by Gasteiger charge is -2.30. The molecule has 1 spiro atoms. The molecule has 0 aromatic heterocycles. The molecule has 0 radical (unpaired) electrons. The molecule has 5 rings (SSSR count). The Morgan fingerprint density at radius 1 is 0.929 bits per heavy atom. The van der Waals surface area contributed by atoms with Crippen molar-refractivity contribution < 1.29 is 9.53 Å². The maximum Gasteiger partial charge on any atom is 0.333 e. The van der Waals surface area contributed by atoms with E-state index < -0.39 is 10.8 Å². The van der Waals surface area contributed by atoms with Crippen molar-refractivity contribution in [1.29, 1.82) is 0 Å². The quantitative estimate of drug-likeness (QED) is 0.593. The van der Waals surface area contributed by atoms with Gasteiger partial charge in [-0.1, -0.05) is 90.6 Å². The normalized spacial score (nSPS) is 18.5. The number of hydrogen-bond donors (Lipinski definition) is 0. The summed E-state index contributed by atoms with van der Waals surface area (Å²) in [4.78, 5) is 18.0. The summed E-state index contributed by atoms with van der Waals surface area (Å²) in [6.07, 6.45) is 0. The van der Waals surface area contributed by atoms with Crippen LogP contribution in [0.1, 0.15) is 23.6 Å². The van der Waals surface area contributed by atoms with Gasteiger partial charge in [-0.15, -0.1) is 0 Å². The highest BCUT2D eigenvalue weighted by Crippen LogP contribution is 2.61. The lowest BCUT2D eigenvalue weighted by molar-refractivity contribution is -0.145. The summed E-state index contributed by atoms with van der Waals surface area (Å²) in [7, 11) is 0. The van der Waals surface area contributed by atoms with Crippen LogP contribution < -0.4 is 0 Å². The van der Waals surface area contributed by atoms with Crippen LogP contribution >= 0.6 is 11.8 Å². The van der Waals surface area contributed by atoms with Crippen molar-refractivity contribution >= 4 is 22.8 Å². The van der Waals surface area contributed by atoms with Crippen molar-refractivity contribution in [3.05, 3.63) is 95.6 Å². The first-order chi connectivity index (χ1) is 13.8. The fourth-order valence-corrected chi connectivity index (χ4v) is 5.78. The minimum atomic E-state index is -0.613. The van der Waals surface area contributed by atoms with E-state index in [2.05, 4.69) is 24.3 Å². The molecule has 1 atom stereocenters. The fraction of sp³-hybridized carbons (Fsp3) is 0.167. The Morgan fingerprint density at radius 2 is 1.50 bits per heavy atom. The van der Waals surface area contributed by atoms with Gasteiger partial charge in [0.2, 0.25) is 0 Å². The second kappa shape index (κ2) is 6.64. The van der Waals surface area contributed by atoms with Crippen LogP contribution in [0.25, 0.3) is 11.1 Å². The number of nitrogens with zero attached hydrogens (tertiary/aromatic N) is 1. The van der Waals surface area contributed by atoms with Crippen LogP contribution in [0.2, 0.25) is 0 Å². The Labute approximate surface area is 168 Å². The molecule has 0 bridgehead atoms. The van der Waals surface area contributed by atoms with Gasteiger partial charge in [-0.25, -0.2) is 4.79 Å². The number of hydrogen-bond acceptors (Lipinski definition) is 4. The summed E-state index contributed by atoms with van der Waals surface area (Å²) >= 11 is 1.67. The van der Waals surface area contributed by atoms with Crippen molar-refractivity contribution in [3.8, 4) is 11.1 Å². The van der Waals surface area contributed by atoms with E-state index in [-0.39, 0.29) is 5.97 Å². The van der Waals surface area contributed by atoms with E-state index in [1.807, 2.05) is 61.5 Å². The first kappa shape index (κ1) is 17.3. The molecule has 3 aromatic carbocycles. The van der Waals surface area contributed by atoms with Crippen LogP contribution in [0.3, 0.4) is 0 Å². The van der Waals surface area contributed by atoms with E-state index in [1.165, 1.54) is 11.1 Å². The van der Waals surface area contributed by atoms with Crippen LogP contribution in [-0.2, 0) is 14.3 Å². The maximum absolute atomic E-state index is 13.1. The Morgan fingerprint density at radius 3 is 2.11 bits per heavy atom. The highest BCUT2D eigenvalue weighted by Gasteiger charge is 2.57. The van der Waals surface area contributed by atoms with Crippen LogP contribution in [0.15, 0.2) is 83.9 Å². The van der Waals surface area contributed by atoms with Gasteiger partial charge in [-0.2, -0.15) is 0 Å². The topological polar surface area (TPSA) is 38.7 Å². The first-order valence-electron chi connectivity index (χ1n) is 9.44. The van der Waals surface area contributed by atoms with Crippen molar-refractivity contribution in [2.24, 2.45) is 4.99 Å². The summed E-state index contributed by atoms with van der Waals surface area (Å²) in [6.45, 7) is 2.18. The molecule has 0 fully saturated rings. The molecule has 4 heteroatoms. The molecule has 1 aliphatic carbocycles. The average Bonchev–Trinajstić information content (AvgIpc) is 3.28. The van der Waals surface area contributed by atoms with Gasteiger partial charge in [0, 0.05) is 5.56 Å². The zero-order chi connectivity index (χ0) is 19.1. The van der Waals surface area contributed by atoms with Gasteiger partial charge in [-0.05, 0) is 29.2 Å². The molecule has 0 saturated carbocycles. The zero-order valence-electron chi connectivity index (χ0n) is 15.5. The Balaban J connectivity index is 1.75. The van der Waals surface area contributed by atoms with E-state index in [1.54, 1.807) is 11.8 Å². The summed E-state index contributed by atoms with van der Waals surface area (Å²) in [6, 6.07) is 26.1. The number of aliphatic imine (C=N–C) groups is 1. The molecule has 0 unspecified atom stereocenters. The third kappa shape index (κ3) is 2.38. The molecule has 3 nitrogen and oxygen atoms in total. The van der Waals surface area contributed by atoms with Crippen molar-refractivity contribution in [3.63, 3.8) is 0 Å². The number of fused-ring (bicyclic) bond motifs is 5. The summed E-state index contributed by atoms with van der Waals surface area (Å²) in [5, 5.41) is 0.880. The highest BCUT2D eigenvalue weighted by molar-refractivity contribution is 8.15. The molecule has 0 amide bonds. The van der Waals surface area contributed by atoms with Crippen molar-refractivity contribution in [1.82, 2.24) is 0 Å². The lowest BCUT2D eigenvalue weighted by Crippen LogP contribution is -2.39. The highest BCUT2D eigenvalue weighted by atomic mass is 32.2. The van der Waals surface area contributed by atoms with Crippen LogP contribution in [0, 0.1) is 0 Å². The Hall–Kier alpha value is -2.85. The van der Waals surface area contributed by atoms with Gasteiger partial charge in [0.25, 0.3) is 0 Å². The molecule has 0 saturated heterocycles. The number of rotatable bonds is 3. The van der Waals surface area contributed by atoms with Crippen LogP contribution in [0.4, 0.5) is 0 Å². The van der Waals surface area contributed by atoms with Gasteiger partial charge < -0.3 is 4.74 Å². The van der Waals surface area contributed by atoms with Gasteiger partial charge >= 0.3 is 5.97 Å². The van der Waals surface area contributed by atoms with Gasteiger partial charge in [0.15, 0.2) is 6.04 Å². The minimum absolute atomic E-state index is 0.271. The molecular weight excluding hydrogens is 366 g/mol. The molecule has 2 aliphatic rings. The van der Waals surface area contributed by atoms with E-state index in [0.29, 0.717) is 6.61 Å².